The van der Waals surface area contributed by atoms with Gasteiger partial charge in [0, 0.05) is 11.8 Å². The van der Waals surface area contributed by atoms with E-state index in [0.29, 0.717) is 0 Å². The van der Waals surface area contributed by atoms with Crippen LogP contribution in [-0.2, 0) is 0 Å². The average Bonchev–Trinajstić information content (AvgIpc) is 2.75. The van der Waals surface area contributed by atoms with Crippen molar-refractivity contribution < 1.29 is 4.42 Å². The number of hydrazine groups is 1. The van der Waals surface area contributed by atoms with Crippen molar-refractivity contribution in [2.45, 2.75) is 19.9 Å². The second kappa shape index (κ2) is 4.47. The molecule has 0 saturated heterocycles. The Morgan fingerprint density at radius 1 is 1.44 bits per heavy atom. The van der Waals surface area contributed by atoms with Crippen LogP contribution in [0, 0.1) is 13.8 Å². The Labute approximate surface area is 94.5 Å². The summed E-state index contributed by atoms with van der Waals surface area (Å²) in [6.07, 6.45) is 5.14. The summed E-state index contributed by atoms with van der Waals surface area (Å²) in [7, 11) is 0. The number of nitrogens with one attached hydrogen (secondary N) is 1. The fourth-order valence-corrected chi connectivity index (χ4v) is 1.80. The van der Waals surface area contributed by atoms with E-state index in [0.717, 1.165) is 22.4 Å². The highest BCUT2D eigenvalue weighted by Gasteiger charge is 2.16. The molecule has 16 heavy (non-hydrogen) atoms. The van der Waals surface area contributed by atoms with Gasteiger partial charge in [-0.1, -0.05) is 6.07 Å². The van der Waals surface area contributed by atoms with E-state index in [1.807, 2.05) is 26.1 Å². The Kier molecular flexibility index (Phi) is 3.03. The maximum absolute atomic E-state index is 5.57. The molecule has 0 spiro atoms. The topological polar surface area (TPSA) is 64.1 Å². The molecule has 1 atom stereocenters. The summed E-state index contributed by atoms with van der Waals surface area (Å²) in [5, 5.41) is 0. The monoisotopic (exact) mass is 217 g/mol. The van der Waals surface area contributed by atoms with Gasteiger partial charge < -0.3 is 4.42 Å². The molecule has 2 heterocycles. The third kappa shape index (κ3) is 1.98. The maximum Gasteiger partial charge on any atom is 0.0954 e. The number of furan rings is 1. The second-order valence-electron chi connectivity index (χ2n) is 3.87. The van der Waals surface area contributed by atoms with E-state index < -0.39 is 0 Å². The predicted molar refractivity (Wildman–Crippen MR) is 61.6 cm³/mol. The van der Waals surface area contributed by atoms with Gasteiger partial charge in [-0.15, -0.1) is 0 Å². The molecule has 0 aromatic carbocycles. The molecule has 2 aromatic rings. The summed E-state index contributed by atoms with van der Waals surface area (Å²) >= 11 is 0. The first-order chi connectivity index (χ1) is 7.72. The third-order valence-corrected chi connectivity index (χ3v) is 2.57. The van der Waals surface area contributed by atoms with Crippen molar-refractivity contribution in [3.05, 3.63) is 53.2 Å². The normalized spacial score (nSPS) is 12.7. The average molecular weight is 217 g/mol. The minimum atomic E-state index is -0.126. The third-order valence-electron chi connectivity index (χ3n) is 2.57. The van der Waals surface area contributed by atoms with Crippen molar-refractivity contribution in [2.24, 2.45) is 5.84 Å². The number of rotatable bonds is 3. The van der Waals surface area contributed by atoms with Gasteiger partial charge in [0.25, 0.3) is 0 Å². The molecule has 2 aromatic heterocycles. The van der Waals surface area contributed by atoms with Gasteiger partial charge in [-0.25, -0.2) is 5.43 Å². The number of pyridine rings is 1. The zero-order valence-electron chi connectivity index (χ0n) is 9.40. The van der Waals surface area contributed by atoms with Crippen molar-refractivity contribution >= 4 is 0 Å². The molecule has 0 fully saturated rings. The van der Waals surface area contributed by atoms with Crippen LogP contribution in [0.2, 0.25) is 0 Å². The molecule has 2 rings (SSSR count). The Bertz CT molecular complexity index is 465. The fraction of sp³-hybridized carbons (Fsp3) is 0.250. The van der Waals surface area contributed by atoms with Gasteiger partial charge in [-0.05, 0) is 31.0 Å². The lowest BCUT2D eigenvalue weighted by Gasteiger charge is -2.16. The molecule has 1 unspecified atom stereocenters. The Balaban J connectivity index is 2.41. The van der Waals surface area contributed by atoms with Gasteiger partial charge >= 0.3 is 0 Å². The molecule has 0 aliphatic carbocycles. The summed E-state index contributed by atoms with van der Waals surface area (Å²) in [6, 6.07) is 3.84. The minimum Gasteiger partial charge on any atom is -0.472 e. The van der Waals surface area contributed by atoms with Crippen LogP contribution in [-0.4, -0.2) is 4.98 Å². The molecule has 0 saturated carbocycles. The van der Waals surface area contributed by atoms with Crippen LogP contribution < -0.4 is 11.3 Å². The lowest BCUT2D eigenvalue weighted by molar-refractivity contribution is 0.550. The van der Waals surface area contributed by atoms with Crippen molar-refractivity contribution in [1.82, 2.24) is 10.4 Å². The lowest BCUT2D eigenvalue weighted by atomic mass is 10.0. The van der Waals surface area contributed by atoms with Gasteiger partial charge in [-0.2, -0.15) is 0 Å². The van der Waals surface area contributed by atoms with E-state index in [1.165, 1.54) is 0 Å². The molecule has 0 bridgehead atoms. The molecule has 0 aliphatic heterocycles. The van der Waals surface area contributed by atoms with Gasteiger partial charge in [0.15, 0.2) is 0 Å². The fourth-order valence-electron chi connectivity index (χ4n) is 1.80. The zero-order valence-corrected chi connectivity index (χ0v) is 9.40. The van der Waals surface area contributed by atoms with Crippen LogP contribution in [0.5, 0.6) is 0 Å². The summed E-state index contributed by atoms with van der Waals surface area (Å²) in [6.45, 7) is 4.05. The number of nitrogens with two attached hydrogens (primary N) is 1. The maximum atomic E-state index is 5.57. The predicted octanol–water partition coefficient (Wildman–Crippen LogP) is 1.84. The van der Waals surface area contributed by atoms with E-state index in [9.17, 15) is 0 Å². The number of hydrogen-bond donors (Lipinski definition) is 2. The summed E-state index contributed by atoms with van der Waals surface area (Å²) in [5.74, 6) is 5.57. The molecule has 0 aliphatic rings. The first kappa shape index (κ1) is 10.9. The summed E-state index contributed by atoms with van der Waals surface area (Å²) < 4.78 is 5.06. The van der Waals surface area contributed by atoms with Crippen molar-refractivity contribution in [3.63, 3.8) is 0 Å². The summed E-state index contributed by atoms with van der Waals surface area (Å²) in [5.41, 5.74) is 6.92. The van der Waals surface area contributed by atoms with Crippen LogP contribution in [0.4, 0.5) is 0 Å². The van der Waals surface area contributed by atoms with E-state index in [2.05, 4.69) is 16.5 Å². The number of nitrogens with zero attached hydrogens (tertiary/aromatic N) is 1. The molecular formula is C12H15N3O. The minimum absolute atomic E-state index is 0.126. The standard InChI is InChI=1S/C12H15N3O/c1-8-5-9(2)11(14-6-8)12(15-13)10-3-4-16-7-10/h3-7,12,15H,13H2,1-2H3. The van der Waals surface area contributed by atoms with E-state index in [4.69, 9.17) is 10.3 Å². The number of hydrogen-bond acceptors (Lipinski definition) is 4. The molecule has 84 valence electrons. The Hall–Kier alpha value is -1.65. The van der Waals surface area contributed by atoms with Gasteiger partial charge in [0.05, 0.1) is 24.3 Å². The quantitative estimate of drug-likeness (QED) is 0.608. The largest absolute Gasteiger partial charge is 0.472 e. The van der Waals surface area contributed by atoms with E-state index >= 15 is 0 Å². The molecule has 0 radical (unpaired) electrons. The van der Waals surface area contributed by atoms with Crippen LogP contribution in [0.15, 0.2) is 35.3 Å². The SMILES string of the molecule is Cc1cnc(C(NN)c2ccoc2)c(C)c1. The Morgan fingerprint density at radius 3 is 2.81 bits per heavy atom. The van der Waals surface area contributed by atoms with E-state index in [1.54, 1.807) is 12.5 Å². The number of aryl methyl sites for hydroxylation is 2. The molecule has 0 amide bonds. The second-order valence-corrected chi connectivity index (χ2v) is 3.87. The van der Waals surface area contributed by atoms with Crippen molar-refractivity contribution in [2.75, 3.05) is 0 Å². The highest BCUT2D eigenvalue weighted by Crippen LogP contribution is 2.22. The summed E-state index contributed by atoms with van der Waals surface area (Å²) in [4.78, 5) is 4.42. The van der Waals surface area contributed by atoms with Crippen LogP contribution in [0.3, 0.4) is 0 Å². The van der Waals surface area contributed by atoms with Crippen molar-refractivity contribution in [3.8, 4) is 0 Å². The first-order valence-electron chi connectivity index (χ1n) is 5.13. The molecule has 3 N–H and O–H groups in total. The van der Waals surface area contributed by atoms with Crippen LogP contribution >= 0.6 is 0 Å². The van der Waals surface area contributed by atoms with Gasteiger partial charge in [-0.3, -0.25) is 10.8 Å². The molecule has 4 heteroatoms. The highest BCUT2D eigenvalue weighted by atomic mass is 16.3. The van der Waals surface area contributed by atoms with Gasteiger partial charge in [0.1, 0.15) is 0 Å². The smallest absolute Gasteiger partial charge is 0.0954 e. The molecule has 4 nitrogen and oxygen atoms in total. The van der Waals surface area contributed by atoms with Crippen molar-refractivity contribution in [1.29, 1.82) is 0 Å². The number of aromatic nitrogens is 1. The van der Waals surface area contributed by atoms with Crippen LogP contribution in [0.1, 0.15) is 28.4 Å². The molecular weight excluding hydrogens is 202 g/mol. The Morgan fingerprint density at radius 2 is 2.25 bits per heavy atom. The van der Waals surface area contributed by atoms with E-state index in [-0.39, 0.29) is 6.04 Å². The first-order valence-corrected chi connectivity index (χ1v) is 5.13. The highest BCUT2D eigenvalue weighted by molar-refractivity contribution is 5.31. The van der Waals surface area contributed by atoms with Crippen LogP contribution in [0.25, 0.3) is 0 Å². The van der Waals surface area contributed by atoms with Gasteiger partial charge in [0.2, 0.25) is 0 Å². The zero-order chi connectivity index (χ0) is 11.5. The lowest BCUT2D eigenvalue weighted by Crippen LogP contribution is -2.29.